The fourth-order valence-electron chi connectivity index (χ4n) is 1.33. The number of nitrogens with one attached hydrogen (secondary N) is 2. The number of halogens is 1. The molecule has 4 N–H and O–H groups in total. The molecule has 1 aromatic heterocycles. The summed E-state index contributed by atoms with van der Waals surface area (Å²) in [5.41, 5.74) is 6.29. The molecule has 1 aromatic carbocycles. The van der Waals surface area contributed by atoms with Crippen LogP contribution in [-0.4, -0.2) is 15.9 Å². The quantitative estimate of drug-likeness (QED) is 0.341. The van der Waals surface area contributed by atoms with Gasteiger partial charge in [-0.25, -0.2) is 0 Å². The highest BCUT2D eigenvalue weighted by atomic mass is 35.5. The number of non-ortho nitro benzene ring substituents is 1. The van der Waals surface area contributed by atoms with E-state index in [9.17, 15) is 10.1 Å². The number of rotatable bonds is 3. The van der Waals surface area contributed by atoms with E-state index in [4.69, 9.17) is 15.6 Å². The number of nitro groups is 1. The minimum absolute atomic E-state index is 0. The molecule has 0 aliphatic carbocycles. The van der Waals surface area contributed by atoms with E-state index in [1.54, 1.807) is 12.1 Å². The van der Waals surface area contributed by atoms with Gasteiger partial charge in [-0.2, -0.15) is 4.98 Å². The van der Waals surface area contributed by atoms with Crippen molar-refractivity contribution < 1.29 is 9.34 Å². The zero-order chi connectivity index (χ0) is 13.1. The SMILES string of the molecule is Cl.N=C(N)Nc1nc(-c2ccc([N+](=O)[O-])cc2)co1. The van der Waals surface area contributed by atoms with Gasteiger partial charge in [-0.1, -0.05) is 0 Å². The molecule has 0 amide bonds. The molecule has 0 atom stereocenters. The van der Waals surface area contributed by atoms with Crippen molar-refractivity contribution in [2.45, 2.75) is 0 Å². The molecule has 0 bridgehead atoms. The van der Waals surface area contributed by atoms with Crippen LogP contribution in [0.3, 0.4) is 0 Å². The van der Waals surface area contributed by atoms with Crippen molar-refractivity contribution in [1.82, 2.24) is 4.98 Å². The van der Waals surface area contributed by atoms with Crippen LogP contribution in [0.25, 0.3) is 11.3 Å². The Labute approximate surface area is 113 Å². The van der Waals surface area contributed by atoms with Crippen LogP contribution in [0, 0.1) is 15.5 Å². The first-order valence-electron chi connectivity index (χ1n) is 4.87. The van der Waals surface area contributed by atoms with E-state index in [1.807, 2.05) is 0 Å². The van der Waals surface area contributed by atoms with Crippen molar-refractivity contribution in [2.75, 3.05) is 5.32 Å². The second-order valence-electron chi connectivity index (χ2n) is 3.38. The third-order valence-corrected chi connectivity index (χ3v) is 2.12. The number of hydrogen-bond acceptors (Lipinski definition) is 5. The van der Waals surface area contributed by atoms with E-state index in [-0.39, 0.29) is 30.1 Å². The standard InChI is InChI=1S/C10H9N5O3.ClH/c11-9(12)14-10-13-8(5-18-10)6-1-3-7(4-2-6)15(16)17;/h1-5H,(H4,11,12,13,14);1H. The first-order valence-corrected chi connectivity index (χ1v) is 4.87. The van der Waals surface area contributed by atoms with E-state index in [0.717, 1.165) is 0 Å². The van der Waals surface area contributed by atoms with E-state index in [0.29, 0.717) is 11.3 Å². The molecule has 0 spiro atoms. The molecule has 0 fully saturated rings. The molecular formula is C10H10ClN5O3. The van der Waals surface area contributed by atoms with Crippen LogP contribution in [0.5, 0.6) is 0 Å². The third-order valence-electron chi connectivity index (χ3n) is 2.12. The number of guanidine groups is 1. The Bertz CT molecular complexity index is 595. The largest absolute Gasteiger partial charge is 0.431 e. The second-order valence-corrected chi connectivity index (χ2v) is 3.38. The monoisotopic (exact) mass is 283 g/mol. The maximum Gasteiger partial charge on any atom is 0.301 e. The second kappa shape index (κ2) is 5.83. The number of nitrogens with two attached hydrogens (primary N) is 1. The van der Waals surface area contributed by atoms with Gasteiger partial charge in [0.15, 0.2) is 5.96 Å². The van der Waals surface area contributed by atoms with Gasteiger partial charge in [0.05, 0.1) is 4.92 Å². The molecular weight excluding hydrogens is 274 g/mol. The van der Waals surface area contributed by atoms with Gasteiger partial charge in [-0.05, 0) is 12.1 Å². The molecule has 0 saturated carbocycles. The summed E-state index contributed by atoms with van der Waals surface area (Å²) >= 11 is 0. The number of benzene rings is 1. The highest BCUT2D eigenvalue weighted by Crippen LogP contribution is 2.23. The zero-order valence-corrected chi connectivity index (χ0v) is 10.3. The molecule has 0 aliphatic rings. The Morgan fingerprint density at radius 1 is 1.42 bits per heavy atom. The first-order chi connectivity index (χ1) is 8.56. The third kappa shape index (κ3) is 3.42. The molecule has 1 heterocycles. The van der Waals surface area contributed by atoms with Crippen LogP contribution in [-0.2, 0) is 0 Å². The average Bonchev–Trinajstić information content (AvgIpc) is 2.76. The van der Waals surface area contributed by atoms with Crippen molar-refractivity contribution in [3.8, 4) is 11.3 Å². The van der Waals surface area contributed by atoms with Crippen molar-refractivity contribution in [3.05, 3.63) is 40.6 Å². The Morgan fingerprint density at radius 3 is 2.58 bits per heavy atom. The Hall–Kier alpha value is -2.61. The number of hydrogen-bond donors (Lipinski definition) is 3. The molecule has 2 rings (SSSR count). The minimum Gasteiger partial charge on any atom is -0.431 e. The molecule has 2 aromatic rings. The number of anilines is 1. The molecule has 19 heavy (non-hydrogen) atoms. The fraction of sp³-hybridized carbons (Fsp3) is 0. The van der Waals surface area contributed by atoms with Gasteiger partial charge in [0.2, 0.25) is 0 Å². The summed E-state index contributed by atoms with van der Waals surface area (Å²) in [5.74, 6) is -0.285. The van der Waals surface area contributed by atoms with Crippen LogP contribution in [0.2, 0.25) is 0 Å². The maximum absolute atomic E-state index is 10.5. The summed E-state index contributed by atoms with van der Waals surface area (Å²) in [6, 6.07) is 5.97. The first kappa shape index (κ1) is 14.5. The number of nitro benzene ring substituents is 1. The lowest BCUT2D eigenvalue weighted by Crippen LogP contribution is -2.20. The minimum atomic E-state index is -0.477. The lowest BCUT2D eigenvalue weighted by Gasteiger charge is -1.96. The molecule has 8 nitrogen and oxygen atoms in total. The van der Waals surface area contributed by atoms with Gasteiger partial charge in [0, 0.05) is 17.7 Å². The van der Waals surface area contributed by atoms with Crippen molar-refractivity contribution in [2.24, 2.45) is 5.73 Å². The summed E-state index contributed by atoms with van der Waals surface area (Å²) < 4.78 is 5.03. The van der Waals surface area contributed by atoms with Gasteiger partial charge < -0.3 is 10.2 Å². The summed E-state index contributed by atoms with van der Waals surface area (Å²) in [6.07, 6.45) is 1.37. The Balaban J connectivity index is 0.00000180. The van der Waals surface area contributed by atoms with Crippen molar-refractivity contribution >= 4 is 30.1 Å². The van der Waals surface area contributed by atoms with Gasteiger partial charge >= 0.3 is 6.01 Å². The van der Waals surface area contributed by atoms with Gasteiger partial charge in [-0.3, -0.25) is 20.8 Å². The number of nitrogens with zero attached hydrogens (tertiary/aromatic N) is 2. The summed E-state index contributed by atoms with van der Waals surface area (Å²) in [5, 5.41) is 19.9. The number of oxazole rings is 1. The molecule has 9 heteroatoms. The van der Waals surface area contributed by atoms with Gasteiger partial charge in [-0.15, -0.1) is 12.4 Å². The van der Waals surface area contributed by atoms with E-state index < -0.39 is 4.92 Å². The van der Waals surface area contributed by atoms with Crippen molar-refractivity contribution in [1.29, 1.82) is 5.41 Å². The molecule has 0 saturated heterocycles. The predicted octanol–water partition coefficient (Wildman–Crippen LogP) is 1.98. The average molecular weight is 284 g/mol. The predicted molar refractivity (Wildman–Crippen MR) is 71.4 cm³/mol. The summed E-state index contributed by atoms with van der Waals surface area (Å²) in [7, 11) is 0. The van der Waals surface area contributed by atoms with Crippen LogP contribution in [0.4, 0.5) is 11.7 Å². The molecule has 0 radical (unpaired) electrons. The van der Waals surface area contributed by atoms with E-state index >= 15 is 0 Å². The van der Waals surface area contributed by atoms with Crippen LogP contribution in [0.1, 0.15) is 0 Å². The van der Waals surface area contributed by atoms with Crippen molar-refractivity contribution in [3.63, 3.8) is 0 Å². The fourth-order valence-corrected chi connectivity index (χ4v) is 1.33. The highest BCUT2D eigenvalue weighted by Gasteiger charge is 2.09. The Kier molecular flexibility index (Phi) is 4.43. The maximum atomic E-state index is 10.5. The topological polar surface area (TPSA) is 131 Å². The summed E-state index contributed by atoms with van der Waals surface area (Å²) in [6.45, 7) is 0. The molecule has 100 valence electrons. The molecule has 0 aliphatic heterocycles. The summed E-state index contributed by atoms with van der Waals surface area (Å²) in [4.78, 5) is 14.0. The van der Waals surface area contributed by atoms with Crippen LogP contribution >= 0.6 is 12.4 Å². The lowest BCUT2D eigenvalue weighted by molar-refractivity contribution is -0.384. The zero-order valence-electron chi connectivity index (χ0n) is 9.49. The smallest absolute Gasteiger partial charge is 0.301 e. The van der Waals surface area contributed by atoms with E-state index in [1.165, 1.54) is 18.4 Å². The van der Waals surface area contributed by atoms with E-state index in [2.05, 4.69) is 10.3 Å². The normalized spacial score (nSPS) is 9.47. The Morgan fingerprint density at radius 2 is 2.05 bits per heavy atom. The van der Waals surface area contributed by atoms with Crippen LogP contribution < -0.4 is 11.1 Å². The van der Waals surface area contributed by atoms with Crippen LogP contribution in [0.15, 0.2) is 34.9 Å². The van der Waals surface area contributed by atoms with Gasteiger partial charge in [0.1, 0.15) is 12.0 Å². The number of aromatic nitrogens is 1. The lowest BCUT2D eigenvalue weighted by atomic mass is 10.1. The molecule has 0 unspecified atom stereocenters. The van der Waals surface area contributed by atoms with Gasteiger partial charge in [0.25, 0.3) is 5.69 Å². The highest BCUT2D eigenvalue weighted by molar-refractivity contribution is 5.87.